The lowest BCUT2D eigenvalue weighted by atomic mass is 10.0. The molecule has 0 atom stereocenters. The molecular formula is C24H52O2Si. The van der Waals surface area contributed by atoms with Crippen LogP contribution in [0.2, 0.25) is 12.6 Å². The third kappa shape index (κ3) is 19.2. The van der Waals surface area contributed by atoms with E-state index in [2.05, 4.69) is 27.3 Å². The lowest BCUT2D eigenvalue weighted by Crippen LogP contribution is -2.39. The fourth-order valence-corrected chi connectivity index (χ4v) is 6.18. The van der Waals surface area contributed by atoms with Gasteiger partial charge in [0.15, 0.2) is 0 Å². The molecule has 0 spiro atoms. The number of rotatable bonds is 22. The highest BCUT2D eigenvalue weighted by Crippen LogP contribution is 2.20. The molecule has 0 aromatic heterocycles. The van der Waals surface area contributed by atoms with E-state index in [4.69, 9.17) is 8.85 Å². The van der Waals surface area contributed by atoms with Crippen LogP contribution >= 0.6 is 0 Å². The van der Waals surface area contributed by atoms with Gasteiger partial charge in [-0.3, -0.25) is 0 Å². The molecule has 27 heavy (non-hydrogen) atoms. The normalized spacial score (nSPS) is 12.0. The summed E-state index contributed by atoms with van der Waals surface area (Å²) in [7, 11) is -1.90. The van der Waals surface area contributed by atoms with Crippen LogP contribution in [0.5, 0.6) is 0 Å². The Bertz CT molecular complexity index is 276. The Hall–Kier alpha value is 0.137. The highest BCUT2D eigenvalue weighted by atomic mass is 28.4. The maximum atomic E-state index is 6.12. The molecule has 0 heterocycles. The van der Waals surface area contributed by atoms with Crippen molar-refractivity contribution in [3.63, 3.8) is 0 Å². The molecule has 0 aliphatic heterocycles. The first kappa shape index (κ1) is 27.1. The summed E-state index contributed by atoms with van der Waals surface area (Å²) in [6.07, 6.45) is 23.5. The number of unbranched alkanes of at least 4 members (excludes halogenated alkanes) is 14. The molecule has 0 saturated carbocycles. The third-order valence-electron chi connectivity index (χ3n) is 5.46. The Morgan fingerprint density at radius 1 is 0.444 bits per heavy atom. The average Bonchev–Trinajstić information content (AvgIpc) is 2.68. The number of hydrogen-bond donors (Lipinski definition) is 0. The molecule has 0 N–H and O–H groups in total. The lowest BCUT2D eigenvalue weighted by molar-refractivity contribution is 0.172. The van der Waals surface area contributed by atoms with E-state index in [9.17, 15) is 0 Å². The third-order valence-corrected chi connectivity index (χ3v) is 8.35. The van der Waals surface area contributed by atoms with Gasteiger partial charge in [0.25, 0.3) is 0 Å². The summed E-state index contributed by atoms with van der Waals surface area (Å²) in [5.41, 5.74) is 0. The zero-order valence-corrected chi connectivity index (χ0v) is 20.5. The molecule has 0 radical (unpaired) electrons. The van der Waals surface area contributed by atoms with Crippen LogP contribution in [0.25, 0.3) is 0 Å². The van der Waals surface area contributed by atoms with Crippen molar-refractivity contribution >= 4 is 8.56 Å². The van der Waals surface area contributed by atoms with Gasteiger partial charge in [-0.15, -0.1) is 0 Å². The summed E-state index contributed by atoms with van der Waals surface area (Å²) in [6, 6.07) is 1.17. The molecule has 2 nitrogen and oxygen atoms in total. The van der Waals surface area contributed by atoms with Gasteiger partial charge >= 0.3 is 8.56 Å². The van der Waals surface area contributed by atoms with Crippen LogP contribution in [0.3, 0.4) is 0 Å². The van der Waals surface area contributed by atoms with Crippen molar-refractivity contribution in [2.45, 2.75) is 143 Å². The maximum Gasteiger partial charge on any atom is 0.334 e. The Balaban J connectivity index is 3.41. The van der Waals surface area contributed by atoms with Gasteiger partial charge < -0.3 is 8.85 Å². The fraction of sp³-hybridized carbons (Fsp3) is 1.00. The van der Waals surface area contributed by atoms with Gasteiger partial charge in [0.05, 0.1) is 0 Å². The second kappa shape index (κ2) is 20.9. The summed E-state index contributed by atoms with van der Waals surface area (Å²) in [5.74, 6) is 0. The smallest absolute Gasteiger partial charge is 0.334 e. The second-order valence-electron chi connectivity index (χ2n) is 8.53. The van der Waals surface area contributed by atoms with Crippen molar-refractivity contribution in [1.82, 2.24) is 0 Å². The second-order valence-corrected chi connectivity index (χ2v) is 11.9. The van der Waals surface area contributed by atoms with Crippen molar-refractivity contribution in [1.29, 1.82) is 0 Å². The topological polar surface area (TPSA) is 18.5 Å². The van der Waals surface area contributed by atoms with E-state index in [1.165, 1.54) is 102 Å². The summed E-state index contributed by atoms with van der Waals surface area (Å²) in [4.78, 5) is 0. The maximum absolute atomic E-state index is 6.12. The van der Waals surface area contributed by atoms with Gasteiger partial charge in [0.1, 0.15) is 0 Å². The minimum Gasteiger partial charge on any atom is -0.394 e. The first-order chi connectivity index (χ1) is 13.2. The largest absolute Gasteiger partial charge is 0.394 e. The van der Waals surface area contributed by atoms with Crippen LogP contribution in [-0.4, -0.2) is 21.8 Å². The standard InChI is InChI=1S/C24H52O2Si/c1-5-8-9-10-11-12-13-14-15-16-17-18-19-20-21-24-27(4,25-22-6-2)26-23-7-3/h5-24H2,1-4H3. The molecule has 3 heteroatoms. The summed E-state index contributed by atoms with van der Waals surface area (Å²) in [6.45, 7) is 10.7. The van der Waals surface area contributed by atoms with E-state index >= 15 is 0 Å². The van der Waals surface area contributed by atoms with Crippen LogP contribution in [0.1, 0.15) is 130 Å². The van der Waals surface area contributed by atoms with Crippen molar-refractivity contribution in [3.8, 4) is 0 Å². The zero-order chi connectivity index (χ0) is 20.1. The van der Waals surface area contributed by atoms with E-state index in [0.29, 0.717) is 0 Å². The highest BCUT2D eigenvalue weighted by molar-refractivity contribution is 6.66. The molecule has 0 fully saturated rings. The Morgan fingerprint density at radius 2 is 0.778 bits per heavy atom. The first-order valence-electron chi connectivity index (χ1n) is 12.5. The molecule has 0 rings (SSSR count). The monoisotopic (exact) mass is 400 g/mol. The van der Waals surface area contributed by atoms with Gasteiger partial charge in [-0.1, -0.05) is 117 Å². The highest BCUT2D eigenvalue weighted by Gasteiger charge is 2.30. The molecule has 0 unspecified atom stereocenters. The molecule has 0 aliphatic carbocycles. The van der Waals surface area contributed by atoms with Gasteiger partial charge in [0.2, 0.25) is 0 Å². The lowest BCUT2D eigenvalue weighted by Gasteiger charge is -2.27. The fourth-order valence-electron chi connectivity index (χ4n) is 3.64. The van der Waals surface area contributed by atoms with E-state index in [1.807, 2.05) is 0 Å². The average molecular weight is 401 g/mol. The van der Waals surface area contributed by atoms with Crippen LogP contribution in [0, 0.1) is 0 Å². The molecular weight excluding hydrogens is 348 g/mol. The van der Waals surface area contributed by atoms with Crippen LogP contribution in [0.15, 0.2) is 0 Å². The van der Waals surface area contributed by atoms with Crippen LogP contribution in [0.4, 0.5) is 0 Å². The van der Waals surface area contributed by atoms with E-state index in [1.54, 1.807) is 0 Å². The van der Waals surface area contributed by atoms with Gasteiger partial charge in [0, 0.05) is 13.2 Å². The quantitative estimate of drug-likeness (QED) is 0.133. The van der Waals surface area contributed by atoms with Crippen molar-refractivity contribution in [2.75, 3.05) is 13.2 Å². The van der Waals surface area contributed by atoms with Gasteiger partial charge in [-0.25, -0.2) is 0 Å². The molecule has 0 amide bonds. The molecule has 0 aliphatic rings. The summed E-state index contributed by atoms with van der Waals surface area (Å²) < 4.78 is 12.2. The molecule has 0 bridgehead atoms. The molecule has 0 saturated heterocycles. The minimum absolute atomic E-state index is 0.866. The number of hydrogen-bond acceptors (Lipinski definition) is 2. The predicted octanol–water partition coefficient (Wildman–Crippen LogP) is 8.78. The Labute approximate surface area is 173 Å². The molecule has 0 aromatic rings. The minimum atomic E-state index is -1.90. The SMILES string of the molecule is CCCCCCCCCCCCCCCCC[Si](C)(OCCC)OCCC. The van der Waals surface area contributed by atoms with Crippen molar-refractivity contribution < 1.29 is 8.85 Å². The van der Waals surface area contributed by atoms with Gasteiger partial charge in [-0.2, -0.15) is 0 Å². The first-order valence-corrected chi connectivity index (χ1v) is 15.0. The Kier molecular flexibility index (Phi) is 21.0. The predicted molar refractivity (Wildman–Crippen MR) is 124 cm³/mol. The summed E-state index contributed by atoms with van der Waals surface area (Å²) in [5, 5.41) is 0. The van der Waals surface area contributed by atoms with Crippen LogP contribution in [-0.2, 0) is 8.85 Å². The van der Waals surface area contributed by atoms with Crippen LogP contribution < -0.4 is 0 Å². The molecule has 164 valence electrons. The summed E-state index contributed by atoms with van der Waals surface area (Å²) >= 11 is 0. The van der Waals surface area contributed by atoms with E-state index in [0.717, 1.165) is 26.1 Å². The van der Waals surface area contributed by atoms with E-state index in [-0.39, 0.29) is 0 Å². The zero-order valence-electron chi connectivity index (χ0n) is 19.5. The Morgan fingerprint density at radius 3 is 1.11 bits per heavy atom. The van der Waals surface area contributed by atoms with Crippen molar-refractivity contribution in [2.24, 2.45) is 0 Å². The van der Waals surface area contributed by atoms with Gasteiger partial charge in [-0.05, 0) is 25.4 Å². The van der Waals surface area contributed by atoms with Crippen molar-refractivity contribution in [3.05, 3.63) is 0 Å². The molecule has 0 aromatic carbocycles. The van der Waals surface area contributed by atoms with E-state index < -0.39 is 8.56 Å².